The molecule has 0 amide bonds. The molecule has 0 rings (SSSR count). The van der Waals surface area contributed by atoms with E-state index in [1.165, 1.54) is 7.11 Å². The normalized spacial score (nSPS) is 11.2. The number of guanidine groups is 1. The number of ether oxygens (including phenoxy) is 2. The minimum absolute atomic E-state index is 0.124. The summed E-state index contributed by atoms with van der Waals surface area (Å²) in [6.07, 6.45) is 4.62. The van der Waals surface area contributed by atoms with Gasteiger partial charge in [-0.1, -0.05) is 12.8 Å². The lowest BCUT2D eigenvalue weighted by atomic mass is 10.1. The molecule has 0 bridgehead atoms. The number of nitrogens with zero attached hydrogens (tertiary/aromatic N) is 1. The van der Waals surface area contributed by atoms with Crippen molar-refractivity contribution in [3.8, 4) is 0 Å². The summed E-state index contributed by atoms with van der Waals surface area (Å²) in [6, 6.07) is 0. The van der Waals surface area contributed by atoms with Gasteiger partial charge in [-0.05, 0) is 12.8 Å². The van der Waals surface area contributed by atoms with Crippen molar-refractivity contribution in [2.24, 2.45) is 4.99 Å². The first-order chi connectivity index (χ1) is 9.24. The maximum atomic E-state index is 10.9. The second-order valence-corrected chi connectivity index (χ2v) is 4.16. The van der Waals surface area contributed by atoms with Gasteiger partial charge in [-0.2, -0.15) is 0 Å². The third kappa shape index (κ3) is 11.5. The Bertz CT molecular complexity index is 258. The highest BCUT2D eigenvalue weighted by atomic mass is 16.5. The zero-order valence-corrected chi connectivity index (χ0v) is 12.3. The molecule has 0 aromatic rings. The van der Waals surface area contributed by atoms with Crippen LogP contribution in [-0.2, 0) is 14.3 Å². The quantitative estimate of drug-likeness (QED) is 0.268. The first kappa shape index (κ1) is 17.7. The first-order valence-electron chi connectivity index (χ1n) is 6.74. The molecule has 19 heavy (non-hydrogen) atoms. The van der Waals surface area contributed by atoms with Crippen molar-refractivity contribution in [3.63, 3.8) is 0 Å². The Hall–Kier alpha value is -1.30. The molecule has 0 fully saturated rings. The van der Waals surface area contributed by atoms with Crippen molar-refractivity contribution in [2.75, 3.05) is 41.0 Å². The van der Waals surface area contributed by atoms with Crippen LogP contribution in [0.2, 0.25) is 0 Å². The van der Waals surface area contributed by atoms with Crippen molar-refractivity contribution in [1.29, 1.82) is 0 Å². The average molecular weight is 273 g/mol. The number of hydrogen-bond donors (Lipinski definition) is 2. The topological polar surface area (TPSA) is 72.0 Å². The van der Waals surface area contributed by atoms with Crippen molar-refractivity contribution in [1.82, 2.24) is 10.6 Å². The van der Waals surface area contributed by atoms with Crippen LogP contribution < -0.4 is 10.6 Å². The van der Waals surface area contributed by atoms with Crippen LogP contribution in [-0.4, -0.2) is 52.9 Å². The lowest BCUT2D eigenvalue weighted by molar-refractivity contribution is -0.140. The Morgan fingerprint density at radius 1 is 1.05 bits per heavy atom. The van der Waals surface area contributed by atoms with Gasteiger partial charge in [0.1, 0.15) is 0 Å². The lowest BCUT2D eigenvalue weighted by Crippen LogP contribution is -2.39. The molecule has 0 heterocycles. The van der Waals surface area contributed by atoms with Gasteiger partial charge in [0.25, 0.3) is 0 Å². The molecular weight excluding hydrogens is 246 g/mol. The standard InChI is InChI=1S/C13H27N3O3/c1-14-13(16-10-11-18-2)15-9-7-5-4-6-8-12(17)19-3/h4-11H2,1-3H3,(H2,14,15,16). The molecule has 0 saturated heterocycles. The summed E-state index contributed by atoms with van der Waals surface area (Å²) in [5, 5.41) is 6.38. The van der Waals surface area contributed by atoms with Crippen LogP contribution in [0.4, 0.5) is 0 Å². The molecule has 2 N–H and O–H groups in total. The molecule has 112 valence electrons. The van der Waals surface area contributed by atoms with Gasteiger partial charge in [-0.3, -0.25) is 9.79 Å². The van der Waals surface area contributed by atoms with Gasteiger partial charge in [-0.15, -0.1) is 0 Å². The van der Waals surface area contributed by atoms with E-state index in [4.69, 9.17) is 4.74 Å². The minimum atomic E-state index is -0.124. The molecule has 0 aliphatic rings. The monoisotopic (exact) mass is 273 g/mol. The first-order valence-corrected chi connectivity index (χ1v) is 6.74. The summed E-state index contributed by atoms with van der Waals surface area (Å²) in [6.45, 7) is 2.29. The van der Waals surface area contributed by atoms with Crippen molar-refractivity contribution in [2.45, 2.75) is 32.1 Å². The van der Waals surface area contributed by atoms with E-state index in [9.17, 15) is 4.79 Å². The van der Waals surface area contributed by atoms with Gasteiger partial charge < -0.3 is 20.1 Å². The van der Waals surface area contributed by atoms with Crippen LogP contribution in [0.3, 0.4) is 0 Å². The zero-order chi connectivity index (χ0) is 14.3. The lowest BCUT2D eigenvalue weighted by Gasteiger charge is -2.11. The molecular formula is C13H27N3O3. The van der Waals surface area contributed by atoms with Gasteiger partial charge in [0.15, 0.2) is 5.96 Å². The molecule has 6 heteroatoms. The highest BCUT2D eigenvalue weighted by Crippen LogP contribution is 2.03. The average Bonchev–Trinajstić information content (AvgIpc) is 2.44. The van der Waals surface area contributed by atoms with Gasteiger partial charge >= 0.3 is 5.97 Å². The molecule has 0 aromatic heterocycles. The van der Waals surface area contributed by atoms with E-state index in [1.807, 2.05) is 0 Å². The fourth-order valence-electron chi connectivity index (χ4n) is 1.55. The van der Waals surface area contributed by atoms with Crippen molar-refractivity contribution in [3.05, 3.63) is 0 Å². The Morgan fingerprint density at radius 3 is 2.37 bits per heavy atom. The number of esters is 1. The van der Waals surface area contributed by atoms with Gasteiger partial charge in [0, 0.05) is 33.7 Å². The van der Waals surface area contributed by atoms with Gasteiger partial charge in [-0.25, -0.2) is 0 Å². The molecule has 0 spiro atoms. The highest BCUT2D eigenvalue weighted by molar-refractivity contribution is 5.79. The third-order valence-corrected chi connectivity index (χ3v) is 2.65. The van der Waals surface area contributed by atoms with Crippen LogP contribution in [0.5, 0.6) is 0 Å². The van der Waals surface area contributed by atoms with Gasteiger partial charge in [0.2, 0.25) is 0 Å². The molecule has 0 radical (unpaired) electrons. The summed E-state index contributed by atoms with van der Waals surface area (Å²) in [5.41, 5.74) is 0. The van der Waals surface area contributed by atoms with E-state index < -0.39 is 0 Å². The van der Waals surface area contributed by atoms with Crippen LogP contribution in [0.15, 0.2) is 4.99 Å². The number of carbonyl (C=O) groups excluding carboxylic acids is 1. The van der Waals surface area contributed by atoms with Crippen LogP contribution >= 0.6 is 0 Å². The Labute approximate surface area is 116 Å². The van der Waals surface area contributed by atoms with E-state index in [0.29, 0.717) is 13.0 Å². The second kappa shape index (κ2) is 13.1. The number of hydrogen-bond acceptors (Lipinski definition) is 4. The van der Waals surface area contributed by atoms with Crippen molar-refractivity contribution >= 4 is 11.9 Å². The molecule has 0 saturated carbocycles. The SMILES string of the molecule is CN=C(NCCCCCCC(=O)OC)NCCOC. The number of aliphatic imine (C=N–C) groups is 1. The molecule has 6 nitrogen and oxygen atoms in total. The molecule has 0 aromatic carbocycles. The molecule has 0 atom stereocenters. The van der Waals surface area contributed by atoms with E-state index in [0.717, 1.165) is 44.7 Å². The largest absolute Gasteiger partial charge is 0.469 e. The summed E-state index contributed by atoms with van der Waals surface area (Å²) in [7, 11) is 4.85. The second-order valence-electron chi connectivity index (χ2n) is 4.16. The van der Waals surface area contributed by atoms with E-state index >= 15 is 0 Å². The number of carbonyl (C=O) groups is 1. The Morgan fingerprint density at radius 2 is 1.74 bits per heavy atom. The fraction of sp³-hybridized carbons (Fsp3) is 0.846. The smallest absolute Gasteiger partial charge is 0.305 e. The molecule has 0 aliphatic heterocycles. The predicted molar refractivity (Wildman–Crippen MR) is 76.3 cm³/mol. The number of unbranched alkanes of at least 4 members (excludes halogenated alkanes) is 3. The van der Waals surface area contributed by atoms with Crippen LogP contribution in [0, 0.1) is 0 Å². The summed E-state index contributed by atoms with van der Waals surface area (Å²) in [4.78, 5) is 15.0. The maximum Gasteiger partial charge on any atom is 0.305 e. The highest BCUT2D eigenvalue weighted by Gasteiger charge is 1.99. The van der Waals surface area contributed by atoms with E-state index in [2.05, 4.69) is 20.4 Å². The molecule has 0 unspecified atom stereocenters. The molecule has 0 aliphatic carbocycles. The number of nitrogens with one attached hydrogen (secondary N) is 2. The van der Waals surface area contributed by atoms with Crippen molar-refractivity contribution < 1.29 is 14.3 Å². The Balaban J connectivity index is 3.39. The van der Waals surface area contributed by atoms with E-state index in [1.54, 1.807) is 14.2 Å². The maximum absolute atomic E-state index is 10.9. The summed E-state index contributed by atoms with van der Waals surface area (Å²) in [5.74, 6) is 0.674. The van der Waals surface area contributed by atoms with Crippen LogP contribution in [0.1, 0.15) is 32.1 Å². The minimum Gasteiger partial charge on any atom is -0.469 e. The fourth-order valence-corrected chi connectivity index (χ4v) is 1.55. The van der Waals surface area contributed by atoms with E-state index in [-0.39, 0.29) is 5.97 Å². The Kier molecular flexibility index (Phi) is 12.2. The zero-order valence-electron chi connectivity index (χ0n) is 12.3. The third-order valence-electron chi connectivity index (χ3n) is 2.65. The van der Waals surface area contributed by atoms with Crippen LogP contribution in [0.25, 0.3) is 0 Å². The summed E-state index contributed by atoms with van der Waals surface area (Å²) < 4.78 is 9.54. The number of rotatable bonds is 10. The number of methoxy groups -OCH3 is 2. The predicted octanol–water partition coefficient (Wildman–Crippen LogP) is 0.921. The van der Waals surface area contributed by atoms with Gasteiger partial charge in [0.05, 0.1) is 13.7 Å². The summed E-state index contributed by atoms with van der Waals surface area (Å²) >= 11 is 0.